The van der Waals surface area contributed by atoms with E-state index in [-0.39, 0.29) is 24.2 Å². The quantitative estimate of drug-likeness (QED) is 0.354. The van der Waals surface area contributed by atoms with Crippen LogP contribution in [-0.2, 0) is 24.2 Å². The molecule has 0 saturated carbocycles. The van der Waals surface area contributed by atoms with Crippen molar-refractivity contribution in [2.45, 2.75) is 57.9 Å². The highest BCUT2D eigenvalue weighted by Gasteiger charge is 2.32. The molecule has 1 aromatic heterocycles. The number of amides is 2. The van der Waals surface area contributed by atoms with E-state index in [1.165, 1.54) is 5.56 Å². The normalized spacial score (nSPS) is 15.1. The fraction of sp³-hybridized carbons (Fsp3) is 0.407. The van der Waals surface area contributed by atoms with Gasteiger partial charge in [0, 0.05) is 48.8 Å². The second-order valence-corrected chi connectivity index (χ2v) is 9.98. The minimum atomic E-state index is -1.58. The number of benzene rings is 2. The first-order valence-corrected chi connectivity index (χ1v) is 12.4. The minimum absolute atomic E-state index is 0.00795. The summed E-state index contributed by atoms with van der Waals surface area (Å²) in [5, 5.41) is 23.7. The van der Waals surface area contributed by atoms with Crippen LogP contribution in [0.2, 0.25) is 5.82 Å². The van der Waals surface area contributed by atoms with Gasteiger partial charge >= 0.3 is 13.1 Å². The van der Waals surface area contributed by atoms with Crippen LogP contribution in [-0.4, -0.2) is 51.5 Å². The molecule has 0 fully saturated rings. The van der Waals surface area contributed by atoms with Crippen LogP contribution >= 0.6 is 0 Å². The summed E-state index contributed by atoms with van der Waals surface area (Å²) in [6, 6.07) is 14.9. The number of para-hydroxylation sites is 1. The summed E-state index contributed by atoms with van der Waals surface area (Å²) in [5.41, 5.74) is 4.27. The van der Waals surface area contributed by atoms with Gasteiger partial charge in [-0.1, -0.05) is 56.3 Å². The Hall–Kier alpha value is -3.10. The van der Waals surface area contributed by atoms with Gasteiger partial charge in [-0.15, -0.1) is 0 Å². The third kappa shape index (κ3) is 6.13. The van der Waals surface area contributed by atoms with Crippen molar-refractivity contribution < 1.29 is 19.6 Å². The lowest BCUT2D eigenvalue weighted by Gasteiger charge is -2.31. The molecule has 1 aliphatic rings. The summed E-state index contributed by atoms with van der Waals surface area (Å²) in [6.45, 7) is 5.06. The van der Waals surface area contributed by atoms with Crippen molar-refractivity contribution in [2.75, 3.05) is 6.54 Å². The van der Waals surface area contributed by atoms with E-state index in [4.69, 9.17) is 0 Å². The number of hydrogen-bond acceptors (Lipinski definition) is 4. The van der Waals surface area contributed by atoms with E-state index in [0.29, 0.717) is 25.9 Å². The zero-order valence-corrected chi connectivity index (χ0v) is 20.4. The SMILES string of the molecule is CC(C)C[C@H](CC(=O)[C@H](Cc1c[nH]c2ccccc12)NC(=O)N1CCc2ccccc2C1)B(O)O. The van der Waals surface area contributed by atoms with E-state index in [2.05, 4.69) is 16.4 Å². The number of urea groups is 1. The van der Waals surface area contributed by atoms with Gasteiger partial charge in [0.2, 0.25) is 0 Å². The number of nitrogens with one attached hydrogen (secondary N) is 2. The molecule has 4 N–H and O–H groups in total. The third-order valence-corrected chi connectivity index (χ3v) is 6.86. The molecule has 3 aromatic rings. The van der Waals surface area contributed by atoms with E-state index in [1.807, 2.05) is 62.5 Å². The Balaban J connectivity index is 1.53. The van der Waals surface area contributed by atoms with Gasteiger partial charge in [-0.25, -0.2) is 4.79 Å². The zero-order chi connectivity index (χ0) is 24.9. The average Bonchev–Trinajstić information content (AvgIpc) is 3.25. The summed E-state index contributed by atoms with van der Waals surface area (Å²) in [5.74, 6) is -0.559. The smallest absolute Gasteiger partial charge is 0.427 e. The average molecular weight is 475 g/mol. The number of carbonyl (C=O) groups is 2. The van der Waals surface area contributed by atoms with Crippen molar-refractivity contribution in [2.24, 2.45) is 5.92 Å². The lowest BCUT2D eigenvalue weighted by atomic mass is 9.66. The van der Waals surface area contributed by atoms with Crippen molar-refractivity contribution in [3.05, 3.63) is 71.4 Å². The molecular formula is C27H34BN3O4. The van der Waals surface area contributed by atoms with Crippen LogP contribution in [0.3, 0.4) is 0 Å². The highest BCUT2D eigenvalue weighted by atomic mass is 16.4. The van der Waals surface area contributed by atoms with Crippen LogP contribution in [0.25, 0.3) is 10.9 Å². The van der Waals surface area contributed by atoms with Gasteiger partial charge < -0.3 is 25.2 Å². The van der Waals surface area contributed by atoms with Gasteiger partial charge in [-0.05, 0) is 41.5 Å². The largest absolute Gasteiger partial charge is 0.455 e. The Labute approximate surface area is 206 Å². The highest BCUT2D eigenvalue weighted by molar-refractivity contribution is 6.43. The predicted molar refractivity (Wildman–Crippen MR) is 138 cm³/mol. The Morgan fingerprint density at radius 2 is 1.80 bits per heavy atom. The minimum Gasteiger partial charge on any atom is -0.427 e. The number of ketones is 1. The number of carbonyl (C=O) groups excluding carboxylic acids is 2. The van der Waals surface area contributed by atoms with Crippen LogP contribution in [0, 0.1) is 5.92 Å². The van der Waals surface area contributed by atoms with E-state index in [1.54, 1.807) is 4.90 Å². The summed E-state index contributed by atoms with van der Waals surface area (Å²) in [4.78, 5) is 31.7. The lowest BCUT2D eigenvalue weighted by molar-refractivity contribution is -0.121. The first-order chi connectivity index (χ1) is 16.8. The highest BCUT2D eigenvalue weighted by Crippen LogP contribution is 2.26. The fourth-order valence-corrected chi connectivity index (χ4v) is 4.99. The third-order valence-electron chi connectivity index (χ3n) is 6.86. The van der Waals surface area contributed by atoms with Crippen molar-refractivity contribution in [1.29, 1.82) is 0 Å². The summed E-state index contributed by atoms with van der Waals surface area (Å²) < 4.78 is 0. The number of aromatic amines is 1. The maximum Gasteiger partial charge on any atom is 0.455 e. The van der Waals surface area contributed by atoms with Gasteiger partial charge in [0.05, 0.1) is 6.04 Å². The molecule has 0 radical (unpaired) electrons. The number of aromatic nitrogens is 1. The van der Waals surface area contributed by atoms with Crippen molar-refractivity contribution in [3.63, 3.8) is 0 Å². The molecule has 1 aliphatic heterocycles. The predicted octanol–water partition coefficient (Wildman–Crippen LogP) is 3.70. The van der Waals surface area contributed by atoms with Crippen molar-refractivity contribution in [1.82, 2.24) is 15.2 Å². The summed E-state index contributed by atoms with van der Waals surface area (Å²) >= 11 is 0. The van der Waals surface area contributed by atoms with E-state index < -0.39 is 19.0 Å². The Kier molecular flexibility index (Phi) is 7.93. The number of fused-ring (bicyclic) bond motifs is 2. The molecular weight excluding hydrogens is 441 g/mol. The molecule has 0 aliphatic carbocycles. The molecule has 2 aromatic carbocycles. The van der Waals surface area contributed by atoms with Crippen LogP contribution in [0.15, 0.2) is 54.7 Å². The number of hydrogen-bond donors (Lipinski definition) is 4. The molecule has 8 heteroatoms. The van der Waals surface area contributed by atoms with Crippen LogP contribution < -0.4 is 5.32 Å². The van der Waals surface area contributed by atoms with Gasteiger partial charge in [0.25, 0.3) is 0 Å². The maximum absolute atomic E-state index is 13.5. The van der Waals surface area contributed by atoms with Crippen LogP contribution in [0.5, 0.6) is 0 Å². The molecule has 0 saturated heterocycles. The molecule has 2 amide bonds. The van der Waals surface area contributed by atoms with E-state index in [9.17, 15) is 19.6 Å². The van der Waals surface area contributed by atoms with Gasteiger partial charge in [0.15, 0.2) is 5.78 Å². The first-order valence-electron chi connectivity index (χ1n) is 12.4. The summed E-state index contributed by atoms with van der Waals surface area (Å²) in [6.07, 6.45) is 3.49. The zero-order valence-electron chi connectivity index (χ0n) is 20.4. The van der Waals surface area contributed by atoms with Crippen molar-refractivity contribution in [3.8, 4) is 0 Å². The Morgan fingerprint density at radius 1 is 1.09 bits per heavy atom. The molecule has 7 nitrogen and oxygen atoms in total. The molecule has 0 spiro atoms. The fourth-order valence-electron chi connectivity index (χ4n) is 4.99. The van der Waals surface area contributed by atoms with E-state index >= 15 is 0 Å². The topological polar surface area (TPSA) is 106 Å². The Morgan fingerprint density at radius 3 is 2.54 bits per heavy atom. The number of H-pyrrole nitrogens is 1. The molecule has 2 atom stereocenters. The number of Topliss-reactive ketones (excluding diaryl/α,β-unsaturated/α-hetero) is 1. The lowest BCUT2D eigenvalue weighted by Crippen LogP contribution is -2.50. The maximum atomic E-state index is 13.5. The summed E-state index contributed by atoms with van der Waals surface area (Å²) in [7, 11) is -1.58. The molecule has 4 rings (SSSR count). The van der Waals surface area contributed by atoms with Crippen LogP contribution in [0.1, 0.15) is 43.4 Å². The number of nitrogens with zero attached hydrogens (tertiary/aromatic N) is 1. The molecule has 184 valence electrons. The number of rotatable bonds is 9. The monoisotopic (exact) mass is 475 g/mol. The van der Waals surface area contributed by atoms with E-state index in [0.717, 1.165) is 28.5 Å². The van der Waals surface area contributed by atoms with Crippen molar-refractivity contribution >= 4 is 29.8 Å². The molecule has 2 heterocycles. The second-order valence-electron chi connectivity index (χ2n) is 9.98. The van der Waals surface area contributed by atoms with Gasteiger partial charge in [-0.3, -0.25) is 4.79 Å². The first kappa shape index (κ1) is 25.0. The van der Waals surface area contributed by atoms with Gasteiger partial charge in [0.1, 0.15) is 0 Å². The standard InChI is InChI=1S/C27H34BN3O4/c1-18(2)13-22(28(34)35)15-26(32)25(14-21-16-29-24-10-6-5-9-23(21)24)30-27(33)31-12-11-19-7-3-4-8-20(19)17-31/h3-10,16,18,22,25,29,34-35H,11-15,17H2,1-2H3,(H,30,33)/t22-,25+/m1/s1. The molecule has 0 unspecified atom stereocenters. The second kappa shape index (κ2) is 11.1. The van der Waals surface area contributed by atoms with Gasteiger partial charge in [-0.2, -0.15) is 0 Å². The molecule has 0 bridgehead atoms. The van der Waals surface area contributed by atoms with Crippen LogP contribution in [0.4, 0.5) is 4.79 Å². The Bertz CT molecular complexity index is 1180. The molecule has 35 heavy (non-hydrogen) atoms.